The van der Waals surface area contributed by atoms with E-state index in [4.69, 9.17) is 5.73 Å². The highest BCUT2D eigenvalue weighted by Crippen LogP contribution is 2.24. The number of aryl methyl sites for hydroxylation is 2. The fraction of sp³-hybridized carbons (Fsp3) is 0.267. The lowest BCUT2D eigenvalue weighted by atomic mass is 10.0. The number of aromatic nitrogens is 3. The first-order valence-electron chi connectivity index (χ1n) is 6.44. The van der Waals surface area contributed by atoms with Crippen LogP contribution in [0.3, 0.4) is 0 Å². The number of fused-ring (bicyclic) bond motifs is 1. The zero-order valence-electron chi connectivity index (χ0n) is 11.2. The van der Waals surface area contributed by atoms with Gasteiger partial charge in [-0.05, 0) is 31.0 Å². The topological polar surface area (TPSA) is 59.6 Å². The number of rotatable bonds is 3. The van der Waals surface area contributed by atoms with Crippen LogP contribution in [0.1, 0.15) is 22.7 Å². The van der Waals surface area contributed by atoms with Crippen LogP contribution in [-0.2, 0) is 13.5 Å². The first-order valence-corrected chi connectivity index (χ1v) is 6.44. The Kier molecular flexibility index (Phi) is 2.87. The Morgan fingerprint density at radius 1 is 1.42 bits per heavy atom. The van der Waals surface area contributed by atoms with Gasteiger partial charge in [-0.15, -0.1) is 0 Å². The average Bonchev–Trinajstić information content (AvgIpc) is 2.97. The molecular weight excluding hydrogens is 236 g/mol. The second-order valence-electron chi connectivity index (χ2n) is 5.12. The van der Waals surface area contributed by atoms with Crippen LogP contribution in [0.5, 0.6) is 0 Å². The molecular formula is C15H18N4. The number of nitrogens with one attached hydrogen (secondary N) is 1. The van der Waals surface area contributed by atoms with Crippen LogP contribution >= 0.6 is 0 Å². The van der Waals surface area contributed by atoms with Gasteiger partial charge in [0.1, 0.15) is 0 Å². The van der Waals surface area contributed by atoms with E-state index in [0.29, 0.717) is 0 Å². The number of H-pyrrole nitrogens is 1. The molecule has 0 fully saturated rings. The molecule has 0 aliphatic rings. The van der Waals surface area contributed by atoms with E-state index in [1.165, 1.54) is 22.0 Å². The van der Waals surface area contributed by atoms with Gasteiger partial charge in [0, 0.05) is 41.9 Å². The van der Waals surface area contributed by atoms with Gasteiger partial charge in [-0.1, -0.05) is 11.6 Å². The highest BCUT2D eigenvalue weighted by atomic mass is 15.2. The van der Waals surface area contributed by atoms with Crippen molar-refractivity contribution in [1.82, 2.24) is 14.8 Å². The van der Waals surface area contributed by atoms with Crippen LogP contribution < -0.4 is 5.73 Å². The monoisotopic (exact) mass is 254 g/mol. The minimum Gasteiger partial charge on any atom is -0.361 e. The summed E-state index contributed by atoms with van der Waals surface area (Å²) >= 11 is 0. The lowest BCUT2D eigenvalue weighted by molar-refractivity contribution is 0.720. The maximum atomic E-state index is 6.26. The minimum atomic E-state index is -0.0202. The third-order valence-corrected chi connectivity index (χ3v) is 3.52. The van der Waals surface area contributed by atoms with Crippen molar-refractivity contribution in [2.45, 2.75) is 19.4 Å². The summed E-state index contributed by atoms with van der Waals surface area (Å²) in [4.78, 5) is 3.30. The van der Waals surface area contributed by atoms with E-state index < -0.39 is 0 Å². The van der Waals surface area contributed by atoms with Crippen molar-refractivity contribution in [2.24, 2.45) is 12.8 Å². The summed E-state index contributed by atoms with van der Waals surface area (Å²) in [7, 11) is 1.91. The average molecular weight is 254 g/mol. The molecule has 0 saturated carbocycles. The van der Waals surface area contributed by atoms with Crippen molar-refractivity contribution in [3.8, 4) is 0 Å². The summed E-state index contributed by atoms with van der Waals surface area (Å²) in [6, 6.07) is 6.41. The summed E-state index contributed by atoms with van der Waals surface area (Å²) in [5, 5.41) is 5.44. The summed E-state index contributed by atoms with van der Waals surface area (Å²) in [5.74, 6) is 0. The van der Waals surface area contributed by atoms with Crippen LogP contribution in [0, 0.1) is 6.92 Å². The number of benzene rings is 1. The molecule has 3 aromatic rings. The zero-order valence-corrected chi connectivity index (χ0v) is 11.2. The highest BCUT2D eigenvalue weighted by Gasteiger charge is 2.12. The Morgan fingerprint density at radius 3 is 3.00 bits per heavy atom. The number of nitrogens with zero attached hydrogens (tertiary/aromatic N) is 2. The van der Waals surface area contributed by atoms with Crippen LogP contribution in [0.2, 0.25) is 0 Å². The van der Waals surface area contributed by atoms with E-state index in [1.54, 1.807) is 4.68 Å². The molecule has 0 spiro atoms. The van der Waals surface area contributed by atoms with Crippen LogP contribution in [0.15, 0.2) is 36.8 Å². The number of hydrogen-bond acceptors (Lipinski definition) is 2. The van der Waals surface area contributed by atoms with E-state index in [2.05, 4.69) is 41.4 Å². The summed E-state index contributed by atoms with van der Waals surface area (Å²) in [5.41, 5.74) is 11.0. The third kappa shape index (κ3) is 2.27. The maximum absolute atomic E-state index is 6.26. The number of hydrogen-bond donors (Lipinski definition) is 2. The van der Waals surface area contributed by atoms with Crippen molar-refractivity contribution in [3.05, 3.63) is 53.5 Å². The quantitative estimate of drug-likeness (QED) is 0.754. The molecule has 0 aliphatic heterocycles. The Balaban J connectivity index is 1.91. The van der Waals surface area contributed by atoms with Gasteiger partial charge in [-0.3, -0.25) is 4.68 Å². The van der Waals surface area contributed by atoms with Gasteiger partial charge in [0.2, 0.25) is 0 Å². The minimum absolute atomic E-state index is 0.0202. The molecule has 4 nitrogen and oxygen atoms in total. The molecule has 0 bridgehead atoms. The fourth-order valence-electron chi connectivity index (χ4n) is 2.45. The molecule has 0 saturated heterocycles. The molecule has 1 unspecified atom stereocenters. The molecule has 2 heterocycles. The van der Waals surface area contributed by atoms with Crippen molar-refractivity contribution in [3.63, 3.8) is 0 Å². The molecule has 0 radical (unpaired) electrons. The third-order valence-electron chi connectivity index (χ3n) is 3.52. The first kappa shape index (κ1) is 12.0. The Morgan fingerprint density at radius 2 is 2.26 bits per heavy atom. The van der Waals surface area contributed by atoms with Gasteiger partial charge in [0.05, 0.1) is 6.20 Å². The van der Waals surface area contributed by atoms with E-state index in [0.717, 1.165) is 12.0 Å². The SMILES string of the molecule is Cc1ccc2[nH]cc(CC(N)c3cnn(C)c3)c2c1. The van der Waals surface area contributed by atoms with Crippen LogP contribution in [0.4, 0.5) is 0 Å². The van der Waals surface area contributed by atoms with Crippen molar-refractivity contribution in [1.29, 1.82) is 0 Å². The highest BCUT2D eigenvalue weighted by molar-refractivity contribution is 5.83. The number of aromatic amines is 1. The molecule has 3 rings (SSSR count). The Bertz CT molecular complexity index is 708. The van der Waals surface area contributed by atoms with E-state index in [1.807, 2.05) is 19.4 Å². The normalized spacial score (nSPS) is 13.0. The van der Waals surface area contributed by atoms with Gasteiger partial charge < -0.3 is 10.7 Å². The predicted octanol–water partition coefficient (Wildman–Crippen LogP) is 2.45. The zero-order chi connectivity index (χ0) is 13.4. The van der Waals surface area contributed by atoms with E-state index in [9.17, 15) is 0 Å². The van der Waals surface area contributed by atoms with Gasteiger partial charge in [0.15, 0.2) is 0 Å². The maximum Gasteiger partial charge on any atom is 0.0537 e. The first-order chi connectivity index (χ1) is 9.13. The summed E-state index contributed by atoms with van der Waals surface area (Å²) in [6.07, 6.45) is 6.69. The van der Waals surface area contributed by atoms with E-state index in [-0.39, 0.29) is 6.04 Å². The predicted molar refractivity (Wildman–Crippen MR) is 76.9 cm³/mol. The standard InChI is InChI=1S/C15H18N4/c1-10-3-4-15-13(5-10)11(7-17-15)6-14(16)12-8-18-19(2)9-12/h3-5,7-9,14,17H,6,16H2,1-2H3. The molecule has 3 N–H and O–H groups in total. The smallest absolute Gasteiger partial charge is 0.0537 e. The molecule has 4 heteroatoms. The van der Waals surface area contributed by atoms with Crippen molar-refractivity contribution in [2.75, 3.05) is 0 Å². The fourth-order valence-corrected chi connectivity index (χ4v) is 2.45. The summed E-state index contributed by atoms with van der Waals surface area (Å²) in [6.45, 7) is 2.11. The van der Waals surface area contributed by atoms with Gasteiger partial charge >= 0.3 is 0 Å². The Labute approximate surface area is 112 Å². The molecule has 98 valence electrons. The van der Waals surface area contributed by atoms with Crippen molar-refractivity contribution < 1.29 is 0 Å². The second-order valence-corrected chi connectivity index (χ2v) is 5.12. The van der Waals surface area contributed by atoms with Crippen molar-refractivity contribution >= 4 is 10.9 Å². The molecule has 1 aromatic carbocycles. The van der Waals surface area contributed by atoms with Gasteiger partial charge in [0.25, 0.3) is 0 Å². The van der Waals surface area contributed by atoms with E-state index >= 15 is 0 Å². The molecule has 19 heavy (non-hydrogen) atoms. The largest absolute Gasteiger partial charge is 0.361 e. The van der Waals surface area contributed by atoms with Gasteiger partial charge in [-0.25, -0.2) is 0 Å². The van der Waals surface area contributed by atoms with Crippen LogP contribution in [0.25, 0.3) is 10.9 Å². The lowest BCUT2D eigenvalue weighted by Crippen LogP contribution is -2.12. The molecule has 2 aromatic heterocycles. The molecule has 0 amide bonds. The summed E-state index contributed by atoms with van der Waals surface area (Å²) < 4.78 is 1.79. The van der Waals surface area contributed by atoms with Gasteiger partial charge in [-0.2, -0.15) is 5.10 Å². The Hall–Kier alpha value is -2.07. The second kappa shape index (κ2) is 4.55. The molecule has 0 aliphatic carbocycles. The molecule has 1 atom stereocenters. The lowest BCUT2D eigenvalue weighted by Gasteiger charge is -2.08. The number of nitrogens with two attached hydrogens (primary N) is 1. The van der Waals surface area contributed by atoms with Crippen LogP contribution in [-0.4, -0.2) is 14.8 Å².